The van der Waals surface area contributed by atoms with Crippen molar-refractivity contribution < 1.29 is 13.9 Å². The summed E-state index contributed by atoms with van der Waals surface area (Å²) in [4.78, 5) is 13.6. The van der Waals surface area contributed by atoms with E-state index in [2.05, 4.69) is 15.9 Å². The molecule has 4 nitrogen and oxygen atoms in total. The van der Waals surface area contributed by atoms with Crippen LogP contribution >= 0.6 is 15.9 Å². The number of anilines is 1. The highest BCUT2D eigenvalue weighted by Crippen LogP contribution is 2.25. The Hall–Kier alpha value is -2.39. The monoisotopic (exact) mass is 362 g/mol. The molecular formula is C16H12BrFN2O2. The molecule has 0 aromatic heterocycles. The Morgan fingerprint density at radius 2 is 2.00 bits per heavy atom. The Morgan fingerprint density at radius 1 is 1.27 bits per heavy atom. The number of ether oxygens (including phenoxy) is 1. The quantitative estimate of drug-likeness (QED) is 0.764. The van der Waals surface area contributed by atoms with E-state index in [4.69, 9.17) is 10.00 Å². The molecule has 0 saturated carbocycles. The van der Waals surface area contributed by atoms with Crippen molar-refractivity contribution in [2.75, 3.05) is 18.1 Å². The molecule has 0 saturated heterocycles. The average Bonchev–Trinajstić information content (AvgIpc) is 2.52. The van der Waals surface area contributed by atoms with Crippen molar-refractivity contribution >= 4 is 27.5 Å². The minimum absolute atomic E-state index is 0.0726. The molecule has 2 aromatic carbocycles. The number of carbonyl (C=O) groups is 1. The number of hydrogen-bond acceptors (Lipinski definition) is 3. The Balaban J connectivity index is 2.07. The number of benzene rings is 2. The van der Waals surface area contributed by atoms with Gasteiger partial charge in [0, 0.05) is 5.69 Å². The maximum absolute atomic E-state index is 13.0. The molecule has 6 heteroatoms. The van der Waals surface area contributed by atoms with Crippen LogP contribution in [0.4, 0.5) is 10.1 Å². The molecule has 0 radical (unpaired) electrons. The molecule has 0 N–H and O–H groups in total. The van der Waals surface area contributed by atoms with Crippen LogP contribution in [-0.4, -0.2) is 19.1 Å². The van der Waals surface area contributed by atoms with Gasteiger partial charge < -0.3 is 4.74 Å². The Morgan fingerprint density at radius 3 is 2.64 bits per heavy atom. The van der Waals surface area contributed by atoms with Gasteiger partial charge in [-0.1, -0.05) is 18.2 Å². The third kappa shape index (κ3) is 4.06. The summed E-state index contributed by atoms with van der Waals surface area (Å²) in [5.74, 6) is -0.398. The number of carbonyl (C=O) groups excluding carboxylic acids is 1. The molecule has 0 fully saturated rings. The van der Waals surface area contributed by atoms with Gasteiger partial charge in [-0.3, -0.25) is 9.69 Å². The summed E-state index contributed by atoms with van der Waals surface area (Å²) in [7, 11) is 0. The van der Waals surface area contributed by atoms with E-state index in [-0.39, 0.29) is 19.1 Å². The molecule has 22 heavy (non-hydrogen) atoms. The predicted molar refractivity (Wildman–Crippen MR) is 84.0 cm³/mol. The van der Waals surface area contributed by atoms with Crippen LogP contribution in [0, 0.1) is 17.1 Å². The first-order chi connectivity index (χ1) is 10.6. The van der Waals surface area contributed by atoms with Crippen LogP contribution in [0.3, 0.4) is 0 Å². The lowest BCUT2D eigenvalue weighted by Crippen LogP contribution is -2.35. The fourth-order valence-corrected chi connectivity index (χ4v) is 2.28. The van der Waals surface area contributed by atoms with Gasteiger partial charge in [0.2, 0.25) is 0 Å². The lowest BCUT2D eigenvalue weighted by molar-refractivity contribution is -0.120. The molecule has 0 heterocycles. The van der Waals surface area contributed by atoms with Gasteiger partial charge in [-0.25, -0.2) is 4.39 Å². The van der Waals surface area contributed by atoms with Gasteiger partial charge in [0.1, 0.15) is 18.1 Å². The van der Waals surface area contributed by atoms with E-state index in [0.717, 1.165) is 0 Å². The van der Waals surface area contributed by atoms with Crippen molar-refractivity contribution in [3.05, 3.63) is 58.8 Å². The zero-order chi connectivity index (χ0) is 15.9. The van der Waals surface area contributed by atoms with E-state index in [1.807, 2.05) is 12.1 Å². The summed E-state index contributed by atoms with van der Waals surface area (Å²) < 4.78 is 18.8. The molecule has 2 rings (SSSR count). The second kappa shape index (κ2) is 7.57. The zero-order valence-corrected chi connectivity index (χ0v) is 13.1. The number of hydrogen-bond donors (Lipinski definition) is 0. The lowest BCUT2D eigenvalue weighted by atomic mass is 10.3. The van der Waals surface area contributed by atoms with E-state index in [0.29, 0.717) is 15.9 Å². The number of rotatable bonds is 5. The van der Waals surface area contributed by atoms with Crippen LogP contribution in [0.25, 0.3) is 0 Å². The highest BCUT2D eigenvalue weighted by atomic mass is 79.9. The standard InChI is InChI=1S/C16H12BrFN2O2/c17-14-10-12(18)6-7-15(14)22-11-16(21)20(9-8-19)13-4-2-1-3-5-13/h1-7,10H,9,11H2. The number of nitrogens with zero attached hydrogens (tertiary/aromatic N) is 2. The fourth-order valence-electron chi connectivity index (χ4n) is 1.81. The molecule has 0 aliphatic carbocycles. The predicted octanol–water partition coefficient (Wildman–Crippen LogP) is 3.52. The van der Waals surface area contributed by atoms with Crippen molar-refractivity contribution in [2.45, 2.75) is 0 Å². The summed E-state index contributed by atoms with van der Waals surface area (Å²) in [6, 6.07) is 14.8. The normalized spacial score (nSPS) is 9.86. The van der Waals surface area contributed by atoms with Gasteiger partial charge in [-0.2, -0.15) is 5.26 Å². The zero-order valence-electron chi connectivity index (χ0n) is 11.5. The van der Waals surface area contributed by atoms with E-state index in [9.17, 15) is 9.18 Å². The molecule has 0 aliphatic rings. The summed E-state index contributed by atoms with van der Waals surface area (Å²) >= 11 is 3.17. The minimum Gasteiger partial charge on any atom is -0.483 e. The molecule has 0 unspecified atom stereocenters. The molecule has 2 aromatic rings. The topological polar surface area (TPSA) is 53.3 Å². The molecule has 0 atom stereocenters. The summed E-state index contributed by atoms with van der Waals surface area (Å²) in [6.07, 6.45) is 0. The number of nitriles is 1. The van der Waals surface area contributed by atoms with Crippen LogP contribution in [0.15, 0.2) is 53.0 Å². The first-order valence-corrected chi connectivity index (χ1v) is 7.21. The van der Waals surface area contributed by atoms with E-state index in [1.165, 1.54) is 23.1 Å². The Kier molecular flexibility index (Phi) is 5.50. The Bertz CT molecular complexity index is 701. The molecule has 1 amide bonds. The van der Waals surface area contributed by atoms with Gasteiger partial charge in [0.05, 0.1) is 10.5 Å². The number of halogens is 2. The van der Waals surface area contributed by atoms with E-state index < -0.39 is 5.82 Å². The first-order valence-electron chi connectivity index (χ1n) is 6.42. The smallest absolute Gasteiger partial charge is 0.265 e. The molecule has 0 spiro atoms. The molecule has 112 valence electrons. The first kappa shape index (κ1) is 16.0. The average molecular weight is 363 g/mol. The van der Waals surface area contributed by atoms with Gasteiger partial charge in [0.25, 0.3) is 5.91 Å². The van der Waals surface area contributed by atoms with Crippen LogP contribution in [0.2, 0.25) is 0 Å². The SMILES string of the molecule is N#CCN(C(=O)COc1ccc(F)cc1Br)c1ccccc1. The minimum atomic E-state index is -0.402. The largest absolute Gasteiger partial charge is 0.483 e. The summed E-state index contributed by atoms with van der Waals surface area (Å²) in [6.45, 7) is -0.322. The summed E-state index contributed by atoms with van der Waals surface area (Å²) in [5.41, 5.74) is 0.621. The highest BCUT2D eigenvalue weighted by molar-refractivity contribution is 9.10. The molecular weight excluding hydrogens is 351 g/mol. The van der Waals surface area contributed by atoms with E-state index in [1.54, 1.807) is 24.3 Å². The maximum atomic E-state index is 13.0. The van der Waals surface area contributed by atoms with E-state index >= 15 is 0 Å². The van der Waals surface area contributed by atoms with Crippen LogP contribution in [0.5, 0.6) is 5.75 Å². The third-order valence-corrected chi connectivity index (χ3v) is 3.46. The van der Waals surface area contributed by atoms with Crippen LogP contribution in [-0.2, 0) is 4.79 Å². The number of para-hydroxylation sites is 1. The van der Waals surface area contributed by atoms with Crippen molar-refractivity contribution in [1.29, 1.82) is 5.26 Å². The summed E-state index contributed by atoms with van der Waals surface area (Å²) in [5, 5.41) is 8.87. The highest BCUT2D eigenvalue weighted by Gasteiger charge is 2.16. The van der Waals surface area contributed by atoms with Crippen LogP contribution in [0.1, 0.15) is 0 Å². The van der Waals surface area contributed by atoms with Crippen molar-refractivity contribution in [2.24, 2.45) is 0 Å². The van der Waals surface area contributed by atoms with Gasteiger partial charge in [-0.15, -0.1) is 0 Å². The van der Waals surface area contributed by atoms with Gasteiger partial charge >= 0.3 is 0 Å². The van der Waals surface area contributed by atoms with Crippen molar-refractivity contribution in [3.63, 3.8) is 0 Å². The van der Waals surface area contributed by atoms with Crippen LogP contribution < -0.4 is 9.64 Å². The molecule has 0 aliphatic heterocycles. The third-order valence-electron chi connectivity index (χ3n) is 2.84. The maximum Gasteiger partial charge on any atom is 0.265 e. The van der Waals surface area contributed by atoms with Gasteiger partial charge in [0.15, 0.2) is 6.61 Å². The van der Waals surface area contributed by atoms with Gasteiger partial charge in [-0.05, 0) is 46.3 Å². The molecule has 0 bridgehead atoms. The second-order valence-electron chi connectivity index (χ2n) is 4.34. The second-order valence-corrected chi connectivity index (χ2v) is 5.19. The fraction of sp³-hybridized carbons (Fsp3) is 0.125. The number of amides is 1. The van der Waals surface area contributed by atoms with Crippen molar-refractivity contribution in [3.8, 4) is 11.8 Å². The Labute approximate surface area is 135 Å². The lowest BCUT2D eigenvalue weighted by Gasteiger charge is -2.20. The van der Waals surface area contributed by atoms with Crippen molar-refractivity contribution in [1.82, 2.24) is 0 Å².